The highest BCUT2D eigenvalue weighted by Crippen LogP contribution is 2.39. The smallest absolute Gasteiger partial charge is 0.347 e. The van der Waals surface area contributed by atoms with Gasteiger partial charge in [-0.25, -0.2) is 9.18 Å². The summed E-state index contributed by atoms with van der Waals surface area (Å²) < 4.78 is 18.8. The lowest BCUT2D eigenvalue weighted by atomic mass is 10.0. The Bertz CT molecular complexity index is 974. The molecule has 2 aromatic rings. The number of amides is 1. The zero-order valence-corrected chi connectivity index (χ0v) is 13.7. The van der Waals surface area contributed by atoms with Gasteiger partial charge >= 0.3 is 5.97 Å². The number of fused-ring (bicyclic) bond motifs is 1. The number of methoxy groups -OCH3 is 1. The molecule has 0 bridgehead atoms. The Balaban J connectivity index is 2.09. The van der Waals surface area contributed by atoms with Crippen LogP contribution in [0.4, 0.5) is 10.1 Å². The molecule has 3 rings (SSSR count). The van der Waals surface area contributed by atoms with E-state index in [0.717, 1.165) is 11.6 Å². The van der Waals surface area contributed by atoms with E-state index in [2.05, 4.69) is 0 Å². The van der Waals surface area contributed by atoms with Crippen LogP contribution in [-0.4, -0.2) is 24.1 Å². The number of carbonyl (C=O) groups excluding carboxylic acids is 1. The predicted octanol–water partition coefficient (Wildman–Crippen LogP) is 2.74. The minimum Gasteiger partial charge on any atom is -0.497 e. The molecule has 0 aromatic heterocycles. The molecule has 1 amide bonds. The minimum atomic E-state index is -1.53. The van der Waals surface area contributed by atoms with E-state index in [0.29, 0.717) is 11.4 Å². The number of hydrogen-bond donors (Lipinski definition) is 1. The summed E-state index contributed by atoms with van der Waals surface area (Å²) in [5, 5.41) is 18.4. The molecule has 2 aromatic carbocycles. The number of nitrogens with zero attached hydrogens (tertiary/aromatic N) is 2. The number of aliphatic carboxylic acids is 1. The Morgan fingerprint density at radius 1 is 1.27 bits per heavy atom. The van der Waals surface area contributed by atoms with Crippen LogP contribution in [0.1, 0.15) is 11.1 Å². The van der Waals surface area contributed by atoms with Crippen LogP contribution in [0.3, 0.4) is 0 Å². The van der Waals surface area contributed by atoms with Crippen LogP contribution in [0.15, 0.2) is 48.0 Å². The molecule has 0 unspecified atom stereocenters. The fourth-order valence-corrected chi connectivity index (χ4v) is 2.83. The first-order valence-electron chi connectivity index (χ1n) is 7.58. The number of benzene rings is 2. The van der Waals surface area contributed by atoms with E-state index in [9.17, 15) is 19.1 Å². The van der Waals surface area contributed by atoms with Gasteiger partial charge in [0.05, 0.1) is 24.9 Å². The molecule has 1 aliphatic heterocycles. The third-order valence-electron chi connectivity index (χ3n) is 4.05. The second-order valence-corrected chi connectivity index (χ2v) is 5.57. The fourth-order valence-electron chi connectivity index (χ4n) is 2.83. The van der Waals surface area contributed by atoms with E-state index >= 15 is 0 Å². The first kappa shape index (κ1) is 17.2. The molecule has 0 atom stereocenters. The van der Waals surface area contributed by atoms with Crippen LogP contribution < -0.4 is 9.64 Å². The van der Waals surface area contributed by atoms with Crippen molar-refractivity contribution >= 4 is 23.1 Å². The van der Waals surface area contributed by atoms with Gasteiger partial charge in [0.1, 0.15) is 17.6 Å². The van der Waals surface area contributed by atoms with E-state index < -0.39 is 23.3 Å². The fraction of sp³-hybridized carbons (Fsp3) is 0.105. The van der Waals surface area contributed by atoms with Gasteiger partial charge in [-0.15, -0.1) is 0 Å². The van der Waals surface area contributed by atoms with E-state index in [4.69, 9.17) is 10.00 Å². The summed E-state index contributed by atoms with van der Waals surface area (Å²) in [6.45, 7) is 0.142. The minimum absolute atomic E-state index is 0.0995. The van der Waals surface area contributed by atoms with Gasteiger partial charge in [-0.05, 0) is 35.9 Å². The molecule has 0 radical (unpaired) electrons. The van der Waals surface area contributed by atoms with Crippen molar-refractivity contribution in [2.24, 2.45) is 0 Å². The van der Waals surface area contributed by atoms with Gasteiger partial charge in [0.15, 0.2) is 5.57 Å². The Kier molecular flexibility index (Phi) is 4.42. The molecule has 130 valence electrons. The monoisotopic (exact) mass is 352 g/mol. The Morgan fingerprint density at radius 3 is 2.54 bits per heavy atom. The molecule has 1 N–H and O–H groups in total. The molecule has 0 fully saturated rings. The quantitative estimate of drug-likeness (QED) is 0.675. The lowest BCUT2D eigenvalue weighted by molar-refractivity contribution is -0.132. The summed E-state index contributed by atoms with van der Waals surface area (Å²) in [7, 11) is 1.54. The second-order valence-electron chi connectivity index (χ2n) is 5.57. The number of ether oxygens (including phenoxy) is 1. The zero-order chi connectivity index (χ0) is 18.8. The third kappa shape index (κ3) is 2.89. The van der Waals surface area contributed by atoms with Gasteiger partial charge in [0.2, 0.25) is 0 Å². The zero-order valence-electron chi connectivity index (χ0n) is 13.7. The van der Waals surface area contributed by atoms with Crippen molar-refractivity contribution in [3.63, 3.8) is 0 Å². The highest BCUT2D eigenvalue weighted by Gasteiger charge is 2.36. The summed E-state index contributed by atoms with van der Waals surface area (Å²) in [5.41, 5.74) is 0.213. The van der Waals surface area contributed by atoms with E-state index in [1.807, 2.05) is 0 Å². The van der Waals surface area contributed by atoms with Crippen molar-refractivity contribution in [3.8, 4) is 11.8 Å². The van der Waals surface area contributed by atoms with Gasteiger partial charge in [-0.3, -0.25) is 4.79 Å². The number of halogens is 1. The normalized spacial score (nSPS) is 14.7. The van der Waals surface area contributed by atoms with Gasteiger partial charge < -0.3 is 14.7 Å². The van der Waals surface area contributed by atoms with Gasteiger partial charge in [0, 0.05) is 5.56 Å². The molecule has 7 heteroatoms. The van der Waals surface area contributed by atoms with E-state index in [1.165, 1.54) is 30.2 Å². The van der Waals surface area contributed by atoms with Crippen LogP contribution in [0, 0.1) is 17.1 Å². The Morgan fingerprint density at radius 2 is 1.96 bits per heavy atom. The van der Waals surface area contributed by atoms with Crippen molar-refractivity contribution in [2.45, 2.75) is 6.54 Å². The Labute approximate surface area is 148 Å². The average molecular weight is 352 g/mol. The van der Waals surface area contributed by atoms with Crippen LogP contribution >= 0.6 is 0 Å². The van der Waals surface area contributed by atoms with E-state index in [1.54, 1.807) is 24.3 Å². The number of rotatable bonds is 4. The predicted molar refractivity (Wildman–Crippen MR) is 90.8 cm³/mol. The van der Waals surface area contributed by atoms with Crippen molar-refractivity contribution < 1.29 is 23.8 Å². The second kappa shape index (κ2) is 6.69. The Hall–Kier alpha value is -3.66. The topological polar surface area (TPSA) is 90.6 Å². The standard InChI is InChI=1S/C19H13FN2O4/c1-26-13-5-2-11(3-6-13)10-22-16-7-4-12(20)8-14(16)17(18(22)23)15(9-21)19(24)25/h2-8H,10H2,1H3,(H,24,25)/b17-15+. The summed E-state index contributed by atoms with van der Waals surface area (Å²) >= 11 is 0. The SMILES string of the molecule is COc1ccc(CN2C(=O)/C(=C(\C#N)C(=O)O)c3cc(F)ccc32)cc1. The third-order valence-corrected chi connectivity index (χ3v) is 4.05. The van der Waals surface area contributed by atoms with Crippen molar-refractivity contribution in [2.75, 3.05) is 12.0 Å². The average Bonchev–Trinajstić information content (AvgIpc) is 2.88. The molecule has 0 spiro atoms. The van der Waals surface area contributed by atoms with Crippen LogP contribution in [0.5, 0.6) is 5.75 Å². The van der Waals surface area contributed by atoms with Crippen molar-refractivity contribution in [1.82, 2.24) is 0 Å². The number of carbonyl (C=O) groups is 2. The maximum absolute atomic E-state index is 13.7. The number of anilines is 1. The molecule has 1 heterocycles. The summed E-state index contributed by atoms with van der Waals surface area (Å²) in [4.78, 5) is 25.5. The highest BCUT2D eigenvalue weighted by molar-refractivity contribution is 6.36. The first-order valence-corrected chi connectivity index (χ1v) is 7.58. The maximum atomic E-state index is 13.7. The molecule has 0 aliphatic carbocycles. The van der Waals surface area contributed by atoms with Gasteiger partial charge in [-0.1, -0.05) is 12.1 Å². The molecule has 6 nitrogen and oxygen atoms in total. The lowest BCUT2D eigenvalue weighted by Crippen LogP contribution is -2.26. The van der Waals surface area contributed by atoms with Crippen molar-refractivity contribution in [3.05, 3.63) is 65.0 Å². The molecule has 26 heavy (non-hydrogen) atoms. The molecule has 0 saturated heterocycles. The van der Waals surface area contributed by atoms with Crippen LogP contribution in [0.25, 0.3) is 5.57 Å². The molecular formula is C19H13FN2O4. The summed E-state index contributed by atoms with van der Waals surface area (Å²) in [6.07, 6.45) is 0. The highest BCUT2D eigenvalue weighted by atomic mass is 19.1. The van der Waals surface area contributed by atoms with Crippen molar-refractivity contribution in [1.29, 1.82) is 5.26 Å². The lowest BCUT2D eigenvalue weighted by Gasteiger charge is -2.17. The largest absolute Gasteiger partial charge is 0.497 e. The molecular weight excluding hydrogens is 339 g/mol. The van der Waals surface area contributed by atoms with Gasteiger partial charge in [-0.2, -0.15) is 5.26 Å². The number of nitriles is 1. The molecule has 1 aliphatic rings. The van der Waals surface area contributed by atoms with Gasteiger partial charge in [0.25, 0.3) is 5.91 Å². The van der Waals surface area contributed by atoms with Crippen LogP contribution in [-0.2, 0) is 16.1 Å². The maximum Gasteiger partial charge on any atom is 0.347 e. The number of carboxylic acid groups (broad SMARTS) is 1. The van der Waals surface area contributed by atoms with Crippen LogP contribution in [0.2, 0.25) is 0 Å². The number of carboxylic acids is 1. The first-order chi connectivity index (χ1) is 12.5. The van der Waals surface area contributed by atoms with E-state index in [-0.39, 0.29) is 17.7 Å². The summed E-state index contributed by atoms with van der Waals surface area (Å²) in [6, 6.07) is 12.2. The number of hydrogen-bond acceptors (Lipinski definition) is 4. The molecule has 0 saturated carbocycles. The summed E-state index contributed by atoms with van der Waals surface area (Å²) in [5.74, 6) is -2.15.